The summed E-state index contributed by atoms with van der Waals surface area (Å²) >= 11 is 12.9. The number of carbonyl (C=O) groups excluding carboxylic acids is 2. The van der Waals surface area contributed by atoms with Crippen molar-refractivity contribution in [2.45, 2.75) is 33.4 Å². The number of hydrogen-bond acceptors (Lipinski definition) is 3. The largest absolute Gasteiger partial charge is 0.482 e. The maximum Gasteiger partial charge on any atom is 0.261 e. The van der Waals surface area contributed by atoms with Crippen LogP contribution in [0.25, 0.3) is 0 Å². The highest BCUT2D eigenvalue weighted by molar-refractivity contribution is 9.10. The van der Waals surface area contributed by atoms with E-state index >= 15 is 0 Å². The molecule has 0 radical (unpaired) electrons. The fourth-order valence-corrected chi connectivity index (χ4v) is 3.63. The normalized spacial score (nSPS) is 11.8. The second-order valence-electron chi connectivity index (χ2n) is 7.33. The van der Waals surface area contributed by atoms with E-state index in [4.69, 9.17) is 16.3 Å². The van der Waals surface area contributed by atoms with Crippen LogP contribution in [0.3, 0.4) is 0 Å². The van der Waals surface area contributed by atoms with Crippen LogP contribution in [-0.4, -0.2) is 35.9 Å². The molecule has 0 aliphatic rings. The monoisotopic (exact) mass is 558 g/mol. The van der Waals surface area contributed by atoms with Crippen molar-refractivity contribution in [3.8, 4) is 5.75 Å². The van der Waals surface area contributed by atoms with Gasteiger partial charge in [-0.1, -0.05) is 69.4 Å². The Bertz CT molecular complexity index is 875. The Kier molecular flexibility index (Phi) is 9.65. The van der Waals surface area contributed by atoms with Gasteiger partial charge in [0.05, 0.1) is 5.02 Å². The average molecular weight is 561 g/mol. The first-order valence-corrected chi connectivity index (χ1v) is 11.5. The molecule has 1 unspecified atom stereocenters. The molecule has 0 aromatic heterocycles. The van der Waals surface area contributed by atoms with Crippen LogP contribution in [0.4, 0.5) is 0 Å². The Morgan fingerprint density at radius 3 is 2.30 bits per heavy atom. The molecule has 1 N–H and O–H groups in total. The van der Waals surface area contributed by atoms with E-state index in [0.717, 1.165) is 14.5 Å². The van der Waals surface area contributed by atoms with Crippen molar-refractivity contribution in [3.05, 3.63) is 62.0 Å². The molecule has 8 heteroatoms. The predicted molar refractivity (Wildman–Crippen MR) is 127 cm³/mol. The van der Waals surface area contributed by atoms with Crippen molar-refractivity contribution in [1.82, 2.24) is 10.2 Å². The third-order valence-electron chi connectivity index (χ3n) is 4.36. The molecule has 2 aromatic rings. The van der Waals surface area contributed by atoms with Gasteiger partial charge in [0.2, 0.25) is 5.91 Å². The molecule has 0 saturated heterocycles. The maximum atomic E-state index is 13.0. The summed E-state index contributed by atoms with van der Waals surface area (Å²) in [5, 5.41) is 3.30. The molecular weight excluding hydrogens is 536 g/mol. The summed E-state index contributed by atoms with van der Waals surface area (Å²) in [5.41, 5.74) is 0.914. The smallest absolute Gasteiger partial charge is 0.261 e. The molecule has 0 saturated carbocycles. The van der Waals surface area contributed by atoms with Crippen LogP contribution < -0.4 is 10.1 Å². The molecule has 0 aliphatic heterocycles. The van der Waals surface area contributed by atoms with Gasteiger partial charge >= 0.3 is 0 Å². The fraction of sp³-hybridized carbons (Fsp3) is 0.364. The van der Waals surface area contributed by atoms with Gasteiger partial charge < -0.3 is 15.0 Å². The molecule has 2 aromatic carbocycles. The maximum absolute atomic E-state index is 13.0. The van der Waals surface area contributed by atoms with Gasteiger partial charge in [0, 0.05) is 22.0 Å². The minimum absolute atomic E-state index is 0.198. The summed E-state index contributed by atoms with van der Waals surface area (Å²) < 4.78 is 7.40. The van der Waals surface area contributed by atoms with Crippen LogP contribution in [0, 0.1) is 5.92 Å². The highest BCUT2D eigenvalue weighted by atomic mass is 79.9. The first-order valence-electron chi connectivity index (χ1n) is 9.57. The number of hydrogen-bond donors (Lipinski definition) is 1. The minimum atomic E-state index is -0.649. The van der Waals surface area contributed by atoms with E-state index in [1.165, 1.54) is 4.90 Å². The fourth-order valence-electron chi connectivity index (χ4n) is 2.64. The Morgan fingerprint density at radius 1 is 1.07 bits per heavy atom. The summed E-state index contributed by atoms with van der Waals surface area (Å²) in [7, 11) is 0. The summed E-state index contributed by atoms with van der Waals surface area (Å²) in [6, 6.07) is 12.2. The van der Waals surface area contributed by atoms with Crippen LogP contribution in [0.1, 0.15) is 26.3 Å². The van der Waals surface area contributed by atoms with Gasteiger partial charge in [-0.3, -0.25) is 9.59 Å². The van der Waals surface area contributed by atoms with Crippen LogP contribution in [0.2, 0.25) is 5.02 Å². The van der Waals surface area contributed by atoms with E-state index < -0.39 is 6.04 Å². The van der Waals surface area contributed by atoms with Gasteiger partial charge in [-0.25, -0.2) is 0 Å². The second kappa shape index (κ2) is 11.7. The van der Waals surface area contributed by atoms with Crippen LogP contribution in [-0.2, 0) is 16.1 Å². The third-order valence-corrected chi connectivity index (χ3v) is 5.68. The summed E-state index contributed by atoms with van der Waals surface area (Å²) in [6.07, 6.45) is 0. The van der Waals surface area contributed by atoms with Crippen molar-refractivity contribution in [1.29, 1.82) is 0 Å². The minimum Gasteiger partial charge on any atom is -0.482 e. The Labute approximate surface area is 199 Å². The van der Waals surface area contributed by atoms with E-state index in [1.54, 1.807) is 25.1 Å². The zero-order valence-corrected chi connectivity index (χ0v) is 21.1. The molecule has 2 amide bonds. The highest BCUT2D eigenvalue weighted by Crippen LogP contribution is 2.27. The second-order valence-corrected chi connectivity index (χ2v) is 9.57. The van der Waals surface area contributed by atoms with Gasteiger partial charge in [-0.05, 0) is 48.7 Å². The number of carbonyl (C=O) groups is 2. The van der Waals surface area contributed by atoms with E-state index in [1.807, 2.05) is 38.1 Å². The number of halogens is 3. The Hall–Kier alpha value is -1.57. The molecule has 0 aliphatic carbocycles. The Balaban J connectivity index is 2.14. The topological polar surface area (TPSA) is 58.6 Å². The van der Waals surface area contributed by atoms with Crippen LogP contribution >= 0.6 is 43.5 Å². The Morgan fingerprint density at radius 2 is 1.70 bits per heavy atom. The van der Waals surface area contributed by atoms with Crippen LogP contribution in [0.5, 0.6) is 5.75 Å². The lowest BCUT2D eigenvalue weighted by molar-refractivity contribution is -0.142. The number of rotatable bonds is 9. The SMILES string of the molecule is CC(C)CNC(=O)C(C)N(Cc1ccc(Br)cc1)C(=O)COc1ccc(Br)cc1Cl. The number of nitrogens with zero attached hydrogens (tertiary/aromatic N) is 1. The van der Waals surface area contributed by atoms with Crippen molar-refractivity contribution < 1.29 is 14.3 Å². The summed E-state index contributed by atoms with van der Waals surface area (Å²) in [6.45, 7) is 6.38. The zero-order chi connectivity index (χ0) is 22.3. The van der Waals surface area contributed by atoms with E-state index in [0.29, 0.717) is 29.8 Å². The lowest BCUT2D eigenvalue weighted by Crippen LogP contribution is -2.49. The van der Waals surface area contributed by atoms with Gasteiger partial charge in [0.15, 0.2) is 6.61 Å². The lowest BCUT2D eigenvalue weighted by atomic mass is 10.1. The number of amides is 2. The first kappa shape index (κ1) is 24.7. The molecule has 162 valence electrons. The summed E-state index contributed by atoms with van der Waals surface area (Å²) in [5.74, 6) is 0.230. The molecule has 2 rings (SSSR count). The van der Waals surface area contributed by atoms with Gasteiger partial charge in [0.1, 0.15) is 11.8 Å². The molecule has 0 bridgehead atoms. The van der Waals surface area contributed by atoms with Crippen molar-refractivity contribution >= 4 is 55.3 Å². The molecule has 30 heavy (non-hydrogen) atoms. The number of benzene rings is 2. The quantitative estimate of drug-likeness (QED) is 0.445. The molecular formula is C22H25Br2ClN2O3. The predicted octanol–water partition coefficient (Wildman–Crippen LogP) is 5.43. The number of ether oxygens (including phenoxy) is 1. The van der Waals surface area contributed by atoms with Crippen molar-refractivity contribution in [2.24, 2.45) is 5.92 Å². The molecule has 0 heterocycles. The van der Waals surface area contributed by atoms with Crippen LogP contribution in [0.15, 0.2) is 51.4 Å². The van der Waals surface area contributed by atoms with Gasteiger partial charge in [-0.15, -0.1) is 0 Å². The highest BCUT2D eigenvalue weighted by Gasteiger charge is 2.26. The molecule has 5 nitrogen and oxygen atoms in total. The zero-order valence-electron chi connectivity index (χ0n) is 17.1. The van der Waals surface area contributed by atoms with E-state index in [9.17, 15) is 9.59 Å². The molecule has 1 atom stereocenters. The average Bonchev–Trinajstić information content (AvgIpc) is 2.70. The van der Waals surface area contributed by atoms with Gasteiger partial charge in [0.25, 0.3) is 5.91 Å². The van der Waals surface area contributed by atoms with Crippen molar-refractivity contribution in [3.63, 3.8) is 0 Å². The van der Waals surface area contributed by atoms with Gasteiger partial charge in [-0.2, -0.15) is 0 Å². The van der Waals surface area contributed by atoms with E-state index in [2.05, 4.69) is 37.2 Å². The standard InChI is InChI=1S/C22H25Br2ClN2O3/c1-14(2)11-26-22(29)15(3)27(12-16-4-6-17(23)7-5-16)21(28)13-30-20-9-8-18(24)10-19(20)25/h4-10,14-15H,11-13H2,1-3H3,(H,26,29). The third kappa shape index (κ3) is 7.60. The first-order chi connectivity index (χ1) is 14.2. The van der Waals surface area contributed by atoms with E-state index in [-0.39, 0.29) is 18.4 Å². The van der Waals surface area contributed by atoms with Crippen molar-refractivity contribution in [2.75, 3.05) is 13.2 Å². The molecule has 0 spiro atoms. The lowest BCUT2D eigenvalue weighted by Gasteiger charge is -2.29. The number of nitrogens with one attached hydrogen (secondary N) is 1. The summed E-state index contributed by atoms with van der Waals surface area (Å²) in [4.78, 5) is 27.2. The molecule has 0 fully saturated rings.